The van der Waals surface area contributed by atoms with Gasteiger partial charge < -0.3 is 146 Å². The highest BCUT2D eigenvalue weighted by Crippen LogP contribution is 2.49. The minimum absolute atomic E-state index is 0.128. The maximum Gasteiger partial charge on any atom is 0.474 e. The van der Waals surface area contributed by atoms with Crippen LogP contribution >= 0.6 is 7.82 Å². The summed E-state index contributed by atoms with van der Waals surface area (Å²) in [5.74, 6) is -7.66. The summed E-state index contributed by atoms with van der Waals surface area (Å²) in [6.07, 6.45) is -35.4. The Kier molecular flexibility index (Phi) is 34.1. The average Bonchev–Trinajstić information content (AvgIpc) is 1.80. The number of aliphatic hydroxyl groups is 11. The van der Waals surface area contributed by atoms with Crippen LogP contribution in [0.4, 0.5) is 4.79 Å². The molecule has 6 rings (SSSR count). The number of nitrogens with one attached hydrogen (secondary N) is 3. The first-order chi connectivity index (χ1) is 50.9. The second kappa shape index (κ2) is 40.5. The molecule has 27 atom stereocenters. The highest BCUT2D eigenvalue weighted by Gasteiger charge is 2.62. The molecule has 0 bridgehead atoms. The van der Waals surface area contributed by atoms with Crippen LogP contribution in [0.3, 0.4) is 0 Å². The third-order valence-corrected chi connectivity index (χ3v) is 19.9. The van der Waals surface area contributed by atoms with Gasteiger partial charge in [0.05, 0.1) is 32.5 Å². The Morgan fingerprint density at radius 2 is 1.29 bits per heavy atom. The van der Waals surface area contributed by atoms with Crippen molar-refractivity contribution in [3.63, 3.8) is 0 Å². The molecule has 0 radical (unpaired) electrons. The number of amides is 5. The molecule has 0 saturated carbocycles. The summed E-state index contributed by atoms with van der Waals surface area (Å²) in [6.45, 7) is 16.8. The molecule has 109 heavy (non-hydrogen) atoms. The molecule has 5 saturated heterocycles. The van der Waals surface area contributed by atoms with E-state index in [0.717, 1.165) is 64.0 Å². The first-order valence-electron chi connectivity index (χ1n) is 35.4. The Bertz CT molecular complexity index is 3360. The maximum atomic E-state index is 14.1. The second-order valence-electron chi connectivity index (χ2n) is 28.9. The third-order valence-electron chi connectivity index (χ3n) is 18.9. The maximum absolute atomic E-state index is 14.1. The largest absolute Gasteiger partial charge is 0.510 e. The van der Waals surface area contributed by atoms with E-state index in [1.807, 2.05) is 6.08 Å². The zero-order chi connectivity index (χ0) is 81.5. The second-order valence-corrected chi connectivity index (χ2v) is 30.3. The fourth-order valence-corrected chi connectivity index (χ4v) is 13.5. The minimum Gasteiger partial charge on any atom is -0.510 e. The van der Waals surface area contributed by atoms with Crippen molar-refractivity contribution in [2.75, 3.05) is 26.4 Å². The van der Waals surface area contributed by atoms with Gasteiger partial charge in [0.15, 0.2) is 67.8 Å². The van der Waals surface area contributed by atoms with Gasteiger partial charge >= 0.3 is 19.9 Å². The number of nitrogens with two attached hydrogens (primary N) is 2. The summed E-state index contributed by atoms with van der Waals surface area (Å²) in [5.41, 5.74) is 12.0. The molecule has 1 aliphatic carbocycles. The van der Waals surface area contributed by atoms with Gasteiger partial charge in [-0.25, -0.2) is 14.2 Å². The number of rotatable bonds is 37. The van der Waals surface area contributed by atoms with Crippen LogP contribution in [-0.2, 0) is 94.5 Å². The fraction of sp³-hybridized carbons (Fsp3) is 0.725. The van der Waals surface area contributed by atoms with Gasteiger partial charge in [0.25, 0.3) is 5.91 Å². The summed E-state index contributed by atoms with van der Waals surface area (Å²) in [4.78, 5) is 102. The molecule has 39 nitrogen and oxygen atoms in total. The number of phosphoric acid groups is 1. The molecule has 40 heteroatoms. The minimum atomic E-state index is -5.85. The van der Waals surface area contributed by atoms with Crippen LogP contribution in [0.5, 0.6) is 0 Å². The van der Waals surface area contributed by atoms with Crippen molar-refractivity contribution in [3.8, 4) is 0 Å². The van der Waals surface area contributed by atoms with Crippen LogP contribution in [0, 0.1) is 5.41 Å². The van der Waals surface area contributed by atoms with Crippen molar-refractivity contribution in [2.45, 2.75) is 286 Å². The molecule has 5 fully saturated rings. The summed E-state index contributed by atoms with van der Waals surface area (Å²) >= 11 is 0. The molecule has 6 aliphatic rings. The van der Waals surface area contributed by atoms with Gasteiger partial charge in [-0.3, -0.25) is 33.0 Å². The highest BCUT2D eigenvalue weighted by atomic mass is 31.2. The van der Waals surface area contributed by atoms with E-state index in [-0.39, 0.29) is 24.9 Å². The van der Waals surface area contributed by atoms with E-state index < -0.39 is 240 Å². The molecule has 0 aromatic rings. The van der Waals surface area contributed by atoms with E-state index in [2.05, 4.69) is 75.4 Å². The van der Waals surface area contributed by atoms with E-state index in [1.165, 1.54) is 18.1 Å². The molecule has 0 aromatic heterocycles. The Hall–Kier alpha value is -6.16. The normalized spacial score (nSPS) is 35.6. The van der Waals surface area contributed by atoms with E-state index in [9.17, 15) is 104 Å². The zero-order valence-electron chi connectivity index (χ0n) is 62.2. The summed E-state index contributed by atoms with van der Waals surface area (Å²) in [6, 6.07) is -4.00. The van der Waals surface area contributed by atoms with E-state index in [1.54, 1.807) is 13.0 Å². The summed E-state index contributed by atoms with van der Waals surface area (Å²) < 4.78 is 88.9. The van der Waals surface area contributed by atoms with Gasteiger partial charge in [0, 0.05) is 26.7 Å². The van der Waals surface area contributed by atoms with Gasteiger partial charge in [-0.05, 0) is 91.9 Å². The molecule has 26 unspecified atom stereocenters. The van der Waals surface area contributed by atoms with Crippen LogP contribution in [0.25, 0.3) is 0 Å². The topological polar surface area (TPSA) is 608 Å². The zero-order valence-corrected chi connectivity index (χ0v) is 63.1. The summed E-state index contributed by atoms with van der Waals surface area (Å²) in [7, 11) is -5.85. The lowest BCUT2D eigenvalue weighted by atomic mass is 9.85. The van der Waals surface area contributed by atoms with Crippen molar-refractivity contribution in [3.05, 3.63) is 70.7 Å². The Balaban J connectivity index is 1.25. The summed E-state index contributed by atoms with van der Waals surface area (Å²) in [5, 5.41) is 139. The number of aliphatic hydroxyl groups excluding tert-OH is 10. The number of phosphoric ester groups is 1. The number of hydrogen-bond donors (Lipinski definition) is 18. The number of primary amides is 2. The quantitative estimate of drug-likeness (QED) is 0.0236. The molecule has 5 aliphatic heterocycles. The number of ether oxygens (including phenoxy) is 11. The predicted molar refractivity (Wildman–Crippen MR) is 372 cm³/mol. The van der Waals surface area contributed by atoms with Gasteiger partial charge in [0.1, 0.15) is 102 Å². The van der Waals surface area contributed by atoms with Gasteiger partial charge in [-0.15, -0.1) is 0 Å². The number of allylic oxidation sites excluding steroid dienone is 10. The standard InChI is InChI=1S/C69H108N5O34P/c1-30(2)15-14-17-31(3)18-19-33(5)22-25-68(9,10)24-13-12-16-32(4)23-26-96-41(61(90)91)29-98-109(94,95)108-66-56(57(107-67(71)92)69(11,93)58(106-66)59(70)88)105-63-44(73-36(8)77)47(82)54(40(101-63)28-97-64-51(86)48(83)45(80)39(27-75)100-64)103-62-43(72-35(7)76)46(81)53(34(6)99-62)102-65-52(87)49(84)50(85)55(104-65)60(89)74-42-37(78)20-21-38(42)79/h13,15,18,23-24,34,39-41,43-58,62-66,75,78,80-87,93H,5,12,14,16-17,19-22,25-29H2,1-4,6-11H3,(H2,70,88)(H2,71,92)(H,72,76)(H,73,77)(H,74,89)(H,90,91)(H,94,95)/b24-13+,31-18+,32-23-/t34?,39?,40?,41-,43?,44?,45?,46?,47?,48?,49?,50?,51?,52?,53?,54?,55?,56?,57?,58?,62?,63?,64?,65?,66?,69?/m1/s1. The van der Waals surface area contributed by atoms with E-state index in [4.69, 9.17) is 72.6 Å². The molecule has 20 N–H and O–H groups in total. The van der Waals surface area contributed by atoms with E-state index >= 15 is 0 Å². The number of ketones is 1. The number of carboxylic acids is 1. The Morgan fingerprint density at radius 3 is 1.88 bits per heavy atom. The monoisotopic (exact) mass is 1580 g/mol. The van der Waals surface area contributed by atoms with Gasteiger partial charge in [-0.2, -0.15) is 0 Å². The van der Waals surface area contributed by atoms with Crippen LogP contribution < -0.4 is 27.4 Å². The Labute approximate surface area is 628 Å². The van der Waals surface area contributed by atoms with Crippen LogP contribution in [0.2, 0.25) is 0 Å². The van der Waals surface area contributed by atoms with Crippen molar-refractivity contribution in [1.29, 1.82) is 0 Å². The molecule has 5 heterocycles. The number of carboxylic acid groups (broad SMARTS) is 1. The molecule has 0 aromatic carbocycles. The molecular weight excluding hydrogens is 1470 g/mol. The number of carbonyl (C=O) groups excluding carboxylic acids is 6. The number of aliphatic carboxylic acids is 1. The van der Waals surface area contributed by atoms with Crippen LogP contribution in [0.15, 0.2) is 70.7 Å². The van der Waals surface area contributed by atoms with Crippen molar-refractivity contribution in [1.82, 2.24) is 16.0 Å². The number of carbonyl (C=O) groups is 7. The average molecular weight is 1580 g/mol. The SMILES string of the molecule is C=C(C/C=C(\C)CCC=C(C)C)CCC(C)(C)/C=C/CC/C(C)=C\CO[C@H](COP(=O)(O)OC1OC(C(N)=O)C(C)(O)C(OC(N)=O)C1OC1OC(COC2OC(CO)C(O)C(O)C2O)C(OC2OC(C)C(OC3OC(C(=O)NC4=C(O)CCC4=O)C(O)C(O)C3O)C(O)C2NC(C)=O)C(O)C1NC(C)=O)C(=O)O. The lowest BCUT2D eigenvalue weighted by Gasteiger charge is -2.52. The van der Waals surface area contributed by atoms with Crippen molar-refractivity contribution < 1.29 is 165 Å². The molecular formula is C69H108N5O34P. The highest BCUT2D eigenvalue weighted by molar-refractivity contribution is 7.47. The molecule has 5 amide bonds. The van der Waals surface area contributed by atoms with Crippen molar-refractivity contribution >= 4 is 49.3 Å². The number of hydrogen-bond acceptors (Lipinski definition) is 32. The van der Waals surface area contributed by atoms with Crippen LogP contribution in [0.1, 0.15) is 127 Å². The third kappa shape index (κ3) is 25.4. The van der Waals surface area contributed by atoms with Crippen molar-refractivity contribution in [2.24, 2.45) is 16.9 Å². The number of Topliss-reactive ketones (excluding diaryl/α,β-unsaturated/α-hetero) is 1. The first kappa shape index (κ1) is 91.7. The smallest absolute Gasteiger partial charge is 0.474 e. The predicted octanol–water partition coefficient (Wildman–Crippen LogP) is -2.03. The fourth-order valence-electron chi connectivity index (χ4n) is 12.6. The van der Waals surface area contributed by atoms with Gasteiger partial charge in [-0.1, -0.05) is 73.1 Å². The molecule has 618 valence electrons. The molecule has 0 spiro atoms. The van der Waals surface area contributed by atoms with Crippen LogP contribution in [-0.4, -0.2) is 293 Å². The van der Waals surface area contributed by atoms with Gasteiger partial charge in [0.2, 0.25) is 17.7 Å². The Morgan fingerprint density at radius 1 is 0.716 bits per heavy atom. The lowest BCUT2D eigenvalue weighted by Crippen LogP contribution is -2.72. The van der Waals surface area contributed by atoms with E-state index in [0.29, 0.717) is 12.8 Å². The first-order valence-corrected chi connectivity index (χ1v) is 36.9. The lowest BCUT2D eigenvalue weighted by molar-refractivity contribution is -0.375.